The molecule has 7 heteroatoms. The highest BCUT2D eigenvalue weighted by molar-refractivity contribution is 7.99. The van der Waals surface area contributed by atoms with Crippen LogP contribution in [0, 0.1) is 19.7 Å². The highest BCUT2D eigenvalue weighted by Gasteiger charge is 2.17. The number of nitrogens with zero attached hydrogens (tertiary/aromatic N) is 3. The van der Waals surface area contributed by atoms with Crippen molar-refractivity contribution in [3.63, 3.8) is 0 Å². The molecule has 0 fully saturated rings. The molecule has 0 radical (unpaired) electrons. The van der Waals surface area contributed by atoms with Crippen LogP contribution in [0.15, 0.2) is 35.4 Å². The summed E-state index contributed by atoms with van der Waals surface area (Å²) in [7, 11) is 0. The number of fused-ring (bicyclic) bond motifs is 1. The fourth-order valence-corrected chi connectivity index (χ4v) is 3.21. The number of carboxylic acid groups (broad SMARTS) is 1. The summed E-state index contributed by atoms with van der Waals surface area (Å²) in [6.45, 7) is 3.67. The number of thioether (sulfide) groups is 1. The quantitative estimate of drug-likeness (QED) is 0.587. The molecule has 23 heavy (non-hydrogen) atoms. The SMILES string of the molecule is Cc1cc(SCC(=O)O)n2nc(C)c(-c3cccc(F)c3)c2n1. The number of hydrogen-bond donors (Lipinski definition) is 1. The normalized spacial score (nSPS) is 11.1. The molecule has 5 nitrogen and oxygen atoms in total. The van der Waals surface area contributed by atoms with Crippen molar-refractivity contribution in [1.82, 2.24) is 14.6 Å². The number of aromatic nitrogens is 3. The van der Waals surface area contributed by atoms with Crippen LogP contribution in [0.2, 0.25) is 0 Å². The summed E-state index contributed by atoms with van der Waals surface area (Å²) in [6.07, 6.45) is 0. The highest BCUT2D eigenvalue weighted by atomic mass is 32.2. The van der Waals surface area contributed by atoms with Crippen molar-refractivity contribution in [1.29, 1.82) is 0 Å². The van der Waals surface area contributed by atoms with Gasteiger partial charge >= 0.3 is 5.97 Å². The third-order valence-corrected chi connectivity index (χ3v) is 4.29. The van der Waals surface area contributed by atoms with Crippen molar-refractivity contribution < 1.29 is 14.3 Å². The zero-order valence-electron chi connectivity index (χ0n) is 12.6. The van der Waals surface area contributed by atoms with E-state index in [0.29, 0.717) is 21.9 Å². The van der Waals surface area contributed by atoms with E-state index in [0.717, 1.165) is 11.3 Å². The molecule has 118 valence electrons. The fraction of sp³-hybridized carbons (Fsp3) is 0.188. The van der Waals surface area contributed by atoms with Gasteiger partial charge in [0, 0.05) is 11.3 Å². The Hall–Kier alpha value is -2.41. The topological polar surface area (TPSA) is 67.5 Å². The average molecular weight is 331 g/mol. The van der Waals surface area contributed by atoms with Crippen molar-refractivity contribution in [2.75, 3.05) is 5.75 Å². The van der Waals surface area contributed by atoms with Gasteiger partial charge in [0.15, 0.2) is 5.65 Å². The van der Waals surface area contributed by atoms with Gasteiger partial charge < -0.3 is 5.11 Å². The van der Waals surface area contributed by atoms with Gasteiger partial charge in [0.1, 0.15) is 10.8 Å². The van der Waals surface area contributed by atoms with E-state index in [2.05, 4.69) is 10.1 Å². The molecule has 0 aliphatic rings. The number of halogens is 1. The molecule has 0 unspecified atom stereocenters. The summed E-state index contributed by atoms with van der Waals surface area (Å²) in [5, 5.41) is 14.0. The lowest BCUT2D eigenvalue weighted by Gasteiger charge is -2.05. The average Bonchev–Trinajstić information content (AvgIpc) is 2.80. The Morgan fingerprint density at radius 3 is 2.83 bits per heavy atom. The lowest BCUT2D eigenvalue weighted by molar-refractivity contribution is -0.133. The summed E-state index contributed by atoms with van der Waals surface area (Å²) in [4.78, 5) is 15.3. The van der Waals surface area contributed by atoms with Crippen LogP contribution in [-0.4, -0.2) is 31.4 Å². The van der Waals surface area contributed by atoms with Gasteiger partial charge in [0.05, 0.1) is 11.4 Å². The monoisotopic (exact) mass is 331 g/mol. The van der Waals surface area contributed by atoms with E-state index in [4.69, 9.17) is 5.11 Å². The first-order valence-electron chi connectivity index (χ1n) is 6.93. The number of aryl methyl sites for hydroxylation is 2. The minimum atomic E-state index is -0.896. The summed E-state index contributed by atoms with van der Waals surface area (Å²) in [6, 6.07) is 8.07. The molecule has 0 atom stereocenters. The predicted molar refractivity (Wildman–Crippen MR) is 86.2 cm³/mol. The lowest BCUT2D eigenvalue weighted by Crippen LogP contribution is -2.02. The van der Waals surface area contributed by atoms with E-state index in [1.165, 1.54) is 23.9 Å². The van der Waals surface area contributed by atoms with Crippen molar-refractivity contribution in [2.24, 2.45) is 0 Å². The zero-order valence-corrected chi connectivity index (χ0v) is 13.4. The minimum Gasteiger partial charge on any atom is -0.481 e. The Morgan fingerprint density at radius 2 is 2.13 bits per heavy atom. The number of benzene rings is 1. The molecule has 3 aromatic rings. The second-order valence-corrected chi connectivity index (χ2v) is 6.12. The Morgan fingerprint density at radius 1 is 1.35 bits per heavy atom. The second kappa shape index (κ2) is 6.00. The lowest BCUT2D eigenvalue weighted by atomic mass is 10.1. The van der Waals surface area contributed by atoms with E-state index in [1.807, 2.05) is 13.8 Å². The molecular weight excluding hydrogens is 317 g/mol. The summed E-state index contributed by atoms with van der Waals surface area (Å²) >= 11 is 1.18. The van der Waals surface area contributed by atoms with Crippen molar-refractivity contribution >= 4 is 23.4 Å². The summed E-state index contributed by atoms with van der Waals surface area (Å²) in [5.41, 5.74) is 3.52. The van der Waals surface area contributed by atoms with E-state index in [1.54, 1.807) is 22.7 Å². The molecule has 2 heterocycles. The van der Waals surface area contributed by atoms with Gasteiger partial charge in [0.25, 0.3) is 0 Å². The molecule has 0 aliphatic carbocycles. The smallest absolute Gasteiger partial charge is 0.313 e. The fourth-order valence-electron chi connectivity index (χ4n) is 2.43. The minimum absolute atomic E-state index is 0.0627. The van der Waals surface area contributed by atoms with Gasteiger partial charge in [-0.05, 0) is 37.6 Å². The van der Waals surface area contributed by atoms with Crippen LogP contribution in [0.3, 0.4) is 0 Å². The van der Waals surface area contributed by atoms with Crippen LogP contribution in [0.4, 0.5) is 4.39 Å². The maximum Gasteiger partial charge on any atom is 0.313 e. The molecule has 1 aromatic carbocycles. The number of carboxylic acids is 1. The Labute approximate surface area is 136 Å². The number of carbonyl (C=O) groups is 1. The van der Waals surface area contributed by atoms with Gasteiger partial charge in [0.2, 0.25) is 0 Å². The molecule has 1 N–H and O–H groups in total. The van der Waals surface area contributed by atoms with Crippen LogP contribution in [0.5, 0.6) is 0 Å². The molecule has 3 rings (SSSR count). The van der Waals surface area contributed by atoms with Gasteiger partial charge in [-0.2, -0.15) is 5.10 Å². The Balaban J connectivity index is 2.20. The van der Waals surface area contributed by atoms with E-state index >= 15 is 0 Å². The van der Waals surface area contributed by atoms with Crippen molar-refractivity contribution in [2.45, 2.75) is 18.9 Å². The Kier molecular flexibility index (Phi) is 4.04. The number of rotatable bonds is 4. The van der Waals surface area contributed by atoms with E-state index in [-0.39, 0.29) is 11.6 Å². The molecule has 0 saturated heterocycles. The molecule has 0 amide bonds. The zero-order chi connectivity index (χ0) is 16.6. The van der Waals surface area contributed by atoms with Crippen LogP contribution < -0.4 is 0 Å². The van der Waals surface area contributed by atoms with Crippen LogP contribution in [0.25, 0.3) is 16.8 Å². The molecule has 0 bridgehead atoms. The number of hydrogen-bond acceptors (Lipinski definition) is 4. The first kappa shape index (κ1) is 15.5. The van der Waals surface area contributed by atoms with Gasteiger partial charge in [-0.15, -0.1) is 0 Å². The van der Waals surface area contributed by atoms with Gasteiger partial charge in [-0.25, -0.2) is 13.9 Å². The third kappa shape index (κ3) is 3.05. The van der Waals surface area contributed by atoms with Crippen molar-refractivity contribution in [3.05, 3.63) is 47.5 Å². The van der Waals surface area contributed by atoms with Crippen LogP contribution >= 0.6 is 11.8 Å². The summed E-state index contributed by atoms with van der Waals surface area (Å²) < 4.78 is 15.2. The van der Waals surface area contributed by atoms with Gasteiger partial charge in [-0.3, -0.25) is 4.79 Å². The van der Waals surface area contributed by atoms with Crippen molar-refractivity contribution in [3.8, 4) is 11.1 Å². The molecule has 0 spiro atoms. The Bertz CT molecular complexity index is 908. The highest BCUT2D eigenvalue weighted by Crippen LogP contribution is 2.30. The largest absolute Gasteiger partial charge is 0.481 e. The molecule has 0 aliphatic heterocycles. The third-order valence-electron chi connectivity index (χ3n) is 3.32. The first-order valence-corrected chi connectivity index (χ1v) is 7.92. The maximum atomic E-state index is 13.5. The predicted octanol–water partition coefficient (Wildman–Crippen LogP) is 3.33. The van der Waals surface area contributed by atoms with Gasteiger partial charge in [-0.1, -0.05) is 23.9 Å². The summed E-state index contributed by atoms with van der Waals surface area (Å²) in [5.74, 6) is -1.28. The molecule has 2 aromatic heterocycles. The molecule has 0 saturated carbocycles. The number of aliphatic carboxylic acids is 1. The van der Waals surface area contributed by atoms with E-state index in [9.17, 15) is 9.18 Å². The van der Waals surface area contributed by atoms with Crippen LogP contribution in [-0.2, 0) is 4.79 Å². The maximum absolute atomic E-state index is 13.5. The van der Waals surface area contributed by atoms with E-state index < -0.39 is 5.97 Å². The first-order chi connectivity index (χ1) is 11.0. The molecular formula is C16H14FN3O2S. The standard InChI is InChI=1S/C16H14FN3O2S/c1-9-6-13(23-8-14(21)22)20-16(18-9)15(10(2)19-20)11-4-3-5-12(17)7-11/h3-7H,8H2,1-2H3,(H,21,22). The van der Waals surface area contributed by atoms with Crippen LogP contribution in [0.1, 0.15) is 11.4 Å². The second-order valence-electron chi connectivity index (χ2n) is 5.12.